The second-order valence-corrected chi connectivity index (χ2v) is 6.39. The maximum Gasteiger partial charge on any atom is 0.255 e. The first-order chi connectivity index (χ1) is 12.7. The molecular weight excluding hydrogens is 330 g/mol. The van der Waals surface area contributed by atoms with Gasteiger partial charge in [0.05, 0.1) is 18.4 Å². The van der Waals surface area contributed by atoms with Gasteiger partial charge < -0.3 is 14.5 Å². The van der Waals surface area contributed by atoms with Gasteiger partial charge in [-0.3, -0.25) is 9.89 Å². The summed E-state index contributed by atoms with van der Waals surface area (Å²) < 4.78 is 5.45. The number of amides is 1. The van der Waals surface area contributed by atoms with Gasteiger partial charge in [-0.05, 0) is 25.1 Å². The van der Waals surface area contributed by atoms with Crippen LogP contribution in [-0.2, 0) is 0 Å². The Bertz CT molecular complexity index is 944. The molecule has 1 amide bonds. The van der Waals surface area contributed by atoms with Crippen molar-refractivity contribution in [3.8, 4) is 5.75 Å². The average Bonchev–Trinajstić information content (AvgIpc) is 3.08. The molecule has 0 aliphatic carbocycles. The Morgan fingerprint density at radius 3 is 2.73 bits per heavy atom. The molecule has 1 aliphatic heterocycles. The molecular formula is C19H21N5O2. The summed E-state index contributed by atoms with van der Waals surface area (Å²) >= 11 is 0. The number of fused-ring (bicyclic) bond motifs is 1. The van der Waals surface area contributed by atoms with E-state index in [1.807, 2.05) is 36.1 Å². The number of carbonyl (C=O) groups is 1. The third kappa shape index (κ3) is 2.85. The highest BCUT2D eigenvalue weighted by Gasteiger charge is 2.24. The van der Waals surface area contributed by atoms with Gasteiger partial charge in [0.25, 0.3) is 5.91 Å². The van der Waals surface area contributed by atoms with Crippen LogP contribution in [0.1, 0.15) is 16.1 Å². The molecule has 7 heteroatoms. The minimum atomic E-state index is 0.0136. The zero-order valence-corrected chi connectivity index (χ0v) is 14.9. The Hall–Kier alpha value is -3.09. The Morgan fingerprint density at radius 1 is 1.19 bits per heavy atom. The van der Waals surface area contributed by atoms with Crippen LogP contribution < -0.4 is 9.64 Å². The Balaban J connectivity index is 1.48. The number of carbonyl (C=O) groups excluding carboxylic acids is 1. The molecule has 0 saturated carbocycles. The van der Waals surface area contributed by atoms with Crippen LogP contribution in [0.3, 0.4) is 0 Å². The standard InChI is InChI=1S/C19H21N5O2/c1-13-15-11-14(12-20-18(15)22-21-13)19(25)24-9-7-23(8-10-24)16-5-3-4-6-17(16)26-2/h3-6,11-12H,7-10H2,1-2H3,(H,20,21,22). The van der Waals surface area contributed by atoms with Crippen molar-refractivity contribution in [1.29, 1.82) is 0 Å². The fourth-order valence-corrected chi connectivity index (χ4v) is 3.36. The van der Waals surface area contributed by atoms with Crippen LogP contribution in [0, 0.1) is 6.92 Å². The summed E-state index contributed by atoms with van der Waals surface area (Å²) in [6.07, 6.45) is 1.61. The predicted molar refractivity (Wildman–Crippen MR) is 99.7 cm³/mol. The molecule has 0 atom stereocenters. The average molecular weight is 351 g/mol. The number of nitrogens with one attached hydrogen (secondary N) is 1. The number of hydrogen-bond acceptors (Lipinski definition) is 5. The largest absolute Gasteiger partial charge is 0.495 e. The molecule has 3 heterocycles. The van der Waals surface area contributed by atoms with Crippen molar-refractivity contribution in [2.24, 2.45) is 0 Å². The monoisotopic (exact) mass is 351 g/mol. The van der Waals surface area contributed by atoms with E-state index in [1.54, 1.807) is 13.3 Å². The number of aryl methyl sites for hydroxylation is 1. The quantitative estimate of drug-likeness (QED) is 0.783. The molecule has 1 fully saturated rings. The van der Waals surface area contributed by atoms with Gasteiger partial charge >= 0.3 is 0 Å². The molecule has 134 valence electrons. The first-order valence-corrected chi connectivity index (χ1v) is 8.65. The molecule has 1 aromatic carbocycles. The zero-order chi connectivity index (χ0) is 18.1. The van der Waals surface area contributed by atoms with Gasteiger partial charge in [0.2, 0.25) is 0 Å². The Morgan fingerprint density at radius 2 is 1.96 bits per heavy atom. The summed E-state index contributed by atoms with van der Waals surface area (Å²) in [6.45, 7) is 4.80. The number of ether oxygens (including phenoxy) is 1. The van der Waals surface area contributed by atoms with Gasteiger partial charge in [-0.2, -0.15) is 5.10 Å². The van der Waals surface area contributed by atoms with E-state index in [2.05, 4.69) is 26.1 Å². The maximum absolute atomic E-state index is 12.9. The number of nitrogens with zero attached hydrogens (tertiary/aromatic N) is 4. The summed E-state index contributed by atoms with van der Waals surface area (Å²) in [5.41, 5.74) is 3.23. The topological polar surface area (TPSA) is 74.3 Å². The van der Waals surface area contributed by atoms with E-state index in [1.165, 1.54) is 0 Å². The minimum Gasteiger partial charge on any atom is -0.495 e. The van der Waals surface area contributed by atoms with E-state index in [-0.39, 0.29) is 5.91 Å². The number of rotatable bonds is 3. The first-order valence-electron chi connectivity index (χ1n) is 8.65. The molecule has 1 saturated heterocycles. The SMILES string of the molecule is COc1ccccc1N1CCN(C(=O)c2cnc3n[nH]c(C)c3c2)CC1. The van der Waals surface area contributed by atoms with Crippen LogP contribution in [0.15, 0.2) is 36.5 Å². The smallest absolute Gasteiger partial charge is 0.255 e. The molecule has 0 unspecified atom stereocenters. The van der Waals surface area contributed by atoms with Gasteiger partial charge in [-0.1, -0.05) is 12.1 Å². The minimum absolute atomic E-state index is 0.0136. The number of anilines is 1. The highest BCUT2D eigenvalue weighted by molar-refractivity contribution is 5.97. The Labute approximate surface area is 151 Å². The summed E-state index contributed by atoms with van der Waals surface area (Å²) in [7, 11) is 1.68. The molecule has 0 spiro atoms. The number of piperazine rings is 1. The van der Waals surface area contributed by atoms with Gasteiger partial charge in [0.1, 0.15) is 5.75 Å². The lowest BCUT2D eigenvalue weighted by Crippen LogP contribution is -2.48. The van der Waals surface area contributed by atoms with Crippen LogP contribution in [0.2, 0.25) is 0 Å². The predicted octanol–water partition coefficient (Wildman–Crippen LogP) is 2.24. The van der Waals surface area contributed by atoms with Gasteiger partial charge in [-0.25, -0.2) is 4.98 Å². The Kier molecular flexibility index (Phi) is 4.20. The molecule has 0 bridgehead atoms. The third-order valence-corrected chi connectivity index (χ3v) is 4.84. The van der Waals surface area contributed by atoms with Crippen molar-refractivity contribution in [2.45, 2.75) is 6.92 Å². The molecule has 4 rings (SSSR count). The van der Waals surface area contributed by atoms with Crippen molar-refractivity contribution in [1.82, 2.24) is 20.1 Å². The zero-order valence-electron chi connectivity index (χ0n) is 14.9. The number of pyridine rings is 1. The molecule has 1 aliphatic rings. The number of para-hydroxylation sites is 2. The fraction of sp³-hybridized carbons (Fsp3) is 0.316. The second-order valence-electron chi connectivity index (χ2n) is 6.39. The highest BCUT2D eigenvalue weighted by Crippen LogP contribution is 2.28. The molecule has 3 aromatic rings. The van der Waals surface area contributed by atoms with Crippen molar-refractivity contribution < 1.29 is 9.53 Å². The summed E-state index contributed by atoms with van der Waals surface area (Å²) in [5, 5.41) is 7.90. The van der Waals surface area contributed by atoms with Crippen molar-refractivity contribution in [3.05, 3.63) is 47.8 Å². The number of aromatic amines is 1. The lowest BCUT2D eigenvalue weighted by molar-refractivity contribution is 0.0746. The number of aromatic nitrogens is 3. The lowest BCUT2D eigenvalue weighted by Gasteiger charge is -2.36. The van der Waals surface area contributed by atoms with Crippen LogP contribution in [0.25, 0.3) is 11.0 Å². The molecule has 2 aromatic heterocycles. The van der Waals surface area contributed by atoms with Crippen LogP contribution in [-0.4, -0.2) is 59.3 Å². The van der Waals surface area contributed by atoms with Gasteiger partial charge in [-0.15, -0.1) is 0 Å². The molecule has 1 N–H and O–H groups in total. The first kappa shape index (κ1) is 16.4. The van der Waals surface area contributed by atoms with Crippen molar-refractivity contribution in [3.63, 3.8) is 0 Å². The molecule has 0 radical (unpaired) electrons. The van der Waals surface area contributed by atoms with Crippen LogP contribution >= 0.6 is 0 Å². The van der Waals surface area contributed by atoms with E-state index < -0.39 is 0 Å². The van der Waals surface area contributed by atoms with Crippen LogP contribution in [0.4, 0.5) is 5.69 Å². The van der Waals surface area contributed by atoms with E-state index in [0.717, 1.165) is 35.6 Å². The lowest BCUT2D eigenvalue weighted by atomic mass is 10.1. The number of hydrogen-bond donors (Lipinski definition) is 1. The number of methoxy groups -OCH3 is 1. The summed E-state index contributed by atoms with van der Waals surface area (Å²) in [5.74, 6) is 0.872. The summed E-state index contributed by atoms with van der Waals surface area (Å²) in [4.78, 5) is 21.3. The van der Waals surface area contributed by atoms with E-state index in [0.29, 0.717) is 24.3 Å². The molecule has 26 heavy (non-hydrogen) atoms. The van der Waals surface area contributed by atoms with E-state index in [9.17, 15) is 4.79 Å². The van der Waals surface area contributed by atoms with E-state index in [4.69, 9.17) is 4.74 Å². The molecule has 7 nitrogen and oxygen atoms in total. The van der Waals surface area contributed by atoms with Crippen molar-refractivity contribution in [2.75, 3.05) is 38.2 Å². The number of benzene rings is 1. The van der Waals surface area contributed by atoms with E-state index >= 15 is 0 Å². The maximum atomic E-state index is 12.9. The third-order valence-electron chi connectivity index (χ3n) is 4.84. The summed E-state index contributed by atoms with van der Waals surface area (Å²) in [6, 6.07) is 9.85. The van der Waals surface area contributed by atoms with Crippen LogP contribution in [0.5, 0.6) is 5.75 Å². The van der Waals surface area contributed by atoms with Crippen molar-refractivity contribution >= 4 is 22.6 Å². The second kappa shape index (κ2) is 6.67. The highest BCUT2D eigenvalue weighted by atomic mass is 16.5. The van der Waals surface area contributed by atoms with Gasteiger partial charge in [0.15, 0.2) is 5.65 Å². The fourth-order valence-electron chi connectivity index (χ4n) is 3.36. The number of H-pyrrole nitrogens is 1. The normalized spacial score (nSPS) is 14.7. The van der Waals surface area contributed by atoms with Gasteiger partial charge in [0, 0.05) is 43.5 Å².